The van der Waals surface area contributed by atoms with Crippen LogP contribution in [0.4, 0.5) is 0 Å². The molecule has 0 fully saturated rings. The first-order valence-corrected chi connectivity index (χ1v) is 10.8. The Balaban J connectivity index is -0.0000000690. The Morgan fingerprint density at radius 2 is 1.33 bits per heavy atom. The van der Waals surface area contributed by atoms with Gasteiger partial charge in [-0.1, -0.05) is 21.1 Å². The van der Waals surface area contributed by atoms with Gasteiger partial charge in [-0.3, -0.25) is 4.79 Å². The van der Waals surface area contributed by atoms with E-state index in [0.29, 0.717) is 0 Å². The molecule has 4 radical (unpaired) electrons. The Morgan fingerprint density at radius 1 is 1.04 bits per heavy atom. The van der Waals surface area contributed by atoms with E-state index in [4.69, 9.17) is 35.3 Å². The van der Waals surface area contributed by atoms with Gasteiger partial charge >= 0.3 is 29.3 Å². The molecule has 1 aliphatic heterocycles. The maximum Gasteiger partial charge on any atom is 0.643 e. The van der Waals surface area contributed by atoms with E-state index in [0.717, 1.165) is 24.3 Å². The van der Waals surface area contributed by atoms with Gasteiger partial charge in [-0.25, -0.2) is 44.5 Å². The van der Waals surface area contributed by atoms with E-state index >= 15 is 0 Å². The molecular weight excluding hydrogens is 395 g/mol. The SMILES string of the molecule is C.CC(=O)/C=C/C(=O)O.O=C1C=CC(=O)O1.[B]C.[B]C.[Cl][Al]([Cl])[Cl]. The highest BCUT2D eigenvalue weighted by atomic mass is 35.8. The lowest BCUT2D eigenvalue weighted by atomic mass is 10.2. The van der Waals surface area contributed by atoms with Crippen molar-refractivity contribution in [3.05, 3.63) is 24.3 Å². The summed E-state index contributed by atoms with van der Waals surface area (Å²) < 4.78 is 3.97. The minimum atomic E-state index is -1.72. The predicted octanol–water partition coefficient (Wildman–Crippen LogP) is 2.57. The average molecular weight is 413 g/mol. The summed E-state index contributed by atoms with van der Waals surface area (Å²) in [6.07, 6.45) is 3.98. The lowest BCUT2D eigenvalue weighted by Gasteiger charge is -1.80. The third-order valence-corrected chi connectivity index (χ3v) is 1.02. The lowest BCUT2D eigenvalue weighted by molar-refractivity contribution is -0.150. The highest BCUT2D eigenvalue weighted by Crippen LogP contribution is 1.97. The van der Waals surface area contributed by atoms with Gasteiger partial charge in [0.05, 0.1) is 15.7 Å². The molecule has 12 heteroatoms. The van der Waals surface area contributed by atoms with Crippen molar-refractivity contribution in [1.29, 1.82) is 0 Å². The van der Waals surface area contributed by atoms with Crippen molar-refractivity contribution in [2.24, 2.45) is 0 Å². The number of hydrogen-bond donors (Lipinski definition) is 1. The highest BCUT2D eigenvalue weighted by Gasteiger charge is 2.10. The Hall–Kier alpha value is -0.708. The molecule has 0 atom stereocenters. The molecule has 0 aromatic rings. The van der Waals surface area contributed by atoms with Crippen LogP contribution in [0.1, 0.15) is 14.4 Å². The van der Waals surface area contributed by atoms with Crippen molar-refractivity contribution in [2.75, 3.05) is 0 Å². The van der Waals surface area contributed by atoms with Crippen molar-refractivity contribution in [3.63, 3.8) is 0 Å². The summed E-state index contributed by atoms with van der Waals surface area (Å²) in [7, 11) is 23.8. The number of cyclic esters (lactones) is 2. The number of carboxylic acid groups (broad SMARTS) is 1. The number of rotatable bonds is 2. The van der Waals surface area contributed by atoms with Gasteiger partial charge in [0.25, 0.3) is 0 Å². The van der Waals surface area contributed by atoms with E-state index in [1.54, 1.807) is 0 Å². The van der Waals surface area contributed by atoms with Crippen LogP contribution in [0.2, 0.25) is 13.6 Å². The Labute approximate surface area is 162 Å². The second kappa shape index (κ2) is 27.2. The maximum atomic E-state index is 10.00. The fraction of sp³-hybridized carbons (Fsp3) is 0.333. The van der Waals surface area contributed by atoms with Gasteiger partial charge in [0.2, 0.25) is 0 Å². The van der Waals surface area contributed by atoms with Gasteiger partial charge in [0, 0.05) is 18.2 Å². The number of halogens is 3. The highest BCUT2D eigenvalue weighted by molar-refractivity contribution is 7.54. The van der Waals surface area contributed by atoms with E-state index in [9.17, 15) is 19.2 Å². The van der Waals surface area contributed by atoms with Crippen LogP contribution in [0.15, 0.2) is 24.3 Å². The summed E-state index contributed by atoms with van der Waals surface area (Å²) in [4.78, 5) is 39.5. The van der Waals surface area contributed by atoms with Crippen molar-refractivity contribution >= 4 is 80.9 Å². The van der Waals surface area contributed by atoms with Crippen molar-refractivity contribution in [1.82, 2.24) is 0 Å². The van der Waals surface area contributed by atoms with Crippen molar-refractivity contribution in [3.8, 4) is 0 Å². The number of carboxylic acids is 1. The van der Waals surface area contributed by atoms with Gasteiger partial charge in [0.1, 0.15) is 0 Å². The molecule has 0 unspecified atom stereocenters. The summed E-state index contributed by atoms with van der Waals surface area (Å²) >= 11 is -1.72. The van der Waals surface area contributed by atoms with Crippen molar-refractivity contribution in [2.45, 2.75) is 28.0 Å². The Morgan fingerprint density at radius 3 is 1.42 bits per heavy atom. The molecule has 1 rings (SSSR count). The largest absolute Gasteiger partial charge is 0.643 e. The van der Waals surface area contributed by atoms with Crippen LogP contribution in [-0.2, 0) is 23.9 Å². The summed E-state index contributed by atoms with van der Waals surface area (Å²) in [5.74, 6) is -2.51. The van der Waals surface area contributed by atoms with Crippen molar-refractivity contribution < 1.29 is 29.0 Å². The minimum absolute atomic E-state index is 0. The molecule has 0 spiro atoms. The quantitative estimate of drug-likeness (QED) is 0.324. The zero-order chi connectivity index (χ0) is 19.4. The van der Waals surface area contributed by atoms with Crippen LogP contribution in [0.5, 0.6) is 0 Å². The van der Waals surface area contributed by atoms with E-state index in [2.05, 4.69) is 20.4 Å². The summed E-state index contributed by atoms with van der Waals surface area (Å²) in [5, 5.41) is 7.92. The Kier molecular flexibility index (Phi) is 39.1. The molecule has 0 aliphatic carbocycles. The number of ether oxygens (including phenoxy) is 1. The second-order valence-corrected chi connectivity index (χ2v) is 9.04. The molecule has 6 nitrogen and oxygen atoms in total. The molecule has 1 N–H and O–H groups in total. The number of esters is 2. The molecule has 132 valence electrons. The number of carbonyl (C=O) groups excluding carboxylic acids is 3. The smallest absolute Gasteiger partial charge is 0.478 e. The number of ketones is 1. The summed E-state index contributed by atoms with van der Waals surface area (Å²) in [5.41, 5.74) is 0. The average Bonchev–Trinajstić information content (AvgIpc) is 2.84. The molecule has 1 heterocycles. The van der Waals surface area contributed by atoms with E-state index in [1.165, 1.54) is 20.6 Å². The van der Waals surface area contributed by atoms with Gasteiger partial charge in [-0.2, -0.15) is 0 Å². The van der Waals surface area contributed by atoms with Gasteiger partial charge < -0.3 is 9.84 Å². The molecule has 0 saturated heterocycles. The third-order valence-electron chi connectivity index (χ3n) is 1.02. The topological polar surface area (TPSA) is 97.7 Å². The summed E-state index contributed by atoms with van der Waals surface area (Å²) in [6.45, 7) is 4.29. The molecule has 24 heavy (non-hydrogen) atoms. The molecule has 0 amide bonds. The van der Waals surface area contributed by atoms with E-state index in [-0.39, 0.29) is 13.2 Å². The van der Waals surface area contributed by atoms with Gasteiger partial charge in [-0.15, -0.1) is 0 Å². The van der Waals surface area contributed by atoms with Crippen LogP contribution in [0.3, 0.4) is 0 Å². The number of allylic oxidation sites excluding steroid dienone is 1. The summed E-state index contributed by atoms with van der Waals surface area (Å²) in [6, 6.07) is 0. The maximum absolute atomic E-state index is 10.00. The molecule has 0 aromatic heterocycles. The molecule has 1 aliphatic rings. The van der Waals surface area contributed by atoms with E-state index < -0.39 is 29.3 Å². The van der Waals surface area contributed by atoms with E-state index in [1.807, 2.05) is 0 Å². The first kappa shape index (κ1) is 34.6. The fourth-order valence-corrected chi connectivity index (χ4v) is 0.492. The first-order chi connectivity index (χ1) is 10.6. The number of aliphatic carboxylic acids is 1. The fourth-order valence-electron chi connectivity index (χ4n) is 0.492. The van der Waals surface area contributed by atoms with Crippen LogP contribution in [-0.4, -0.2) is 55.9 Å². The van der Waals surface area contributed by atoms with Crippen LogP contribution < -0.4 is 0 Å². The predicted molar refractivity (Wildman–Crippen MR) is 101 cm³/mol. The minimum Gasteiger partial charge on any atom is -0.478 e. The van der Waals surface area contributed by atoms with Gasteiger partial charge in [-0.05, 0) is 13.0 Å². The zero-order valence-electron chi connectivity index (χ0n) is 12.7. The standard InChI is InChI=1S/C5H6O3.C4H2O3.2CH3B.CH4.Al.3ClH/c1-4(6)2-3-5(7)8;5-3-1-2-4(6)7-3;2*1-2;;;;;/h2-3H,1H3,(H,7,8);1-2H;2*1H3;1H4;;3*1H/q;;;;;+3;;;/p-3/b3-2+;;;;;;;;. The number of hydrogen-bond acceptors (Lipinski definition) is 5. The molecule has 0 aromatic carbocycles. The Bertz CT molecular complexity index is 383. The van der Waals surface area contributed by atoms with Gasteiger partial charge in [0.15, 0.2) is 5.78 Å². The zero-order valence-corrected chi connectivity index (χ0v) is 16.1. The van der Waals surface area contributed by atoms with Crippen LogP contribution in [0, 0.1) is 0 Å². The lowest BCUT2D eigenvalue weighted by Crippen LogP contribution is -1.96. The molecule has 0 bridgehead atoms. The van der Waals surface area contributed by atoms with Crippen LogP contribution >= 0.6 is 30.1 Å². The monoisotopic (exact) mass is 412 g/mol. The normalized spacial score (nSPS) is 9.92. The molecular formula is C12H18AlB2Cl3O6. The first-order valence-electron chi connectivity index (χ1n) is 5.58. The van der Waals surface area contributed by atoms with Crippen LogP contribution in [0.25, 0.3) is 0 Å². The second-order valence-electron chi connectivity index (χ2n) is 2.60. The molecule has 0 saturated carbocycles. The number of carbonyl (C=O) groups is 4. The third kappa shape index (κ3) is 49.6.